The highest BCUT2D eigenvalue weighted by molar-refractivity contribution is 5.97. The van der Waals surface area contributed by atoms with E-state index in [0.29, 0.717) is 6.54 Å². The van der Waals surface area contributed by atoms with Crippen LogP contribution in [0.15, 0.2) is 18.2 Å². The van der Waals surface area contributed by atoms with Gasteiger partial charge in [0.1, 0.15) is 11.5 Å². The molecule has 2 rings (SSSR count). The number of phenols is 2. The number of hydrogen-bond acceptors (Lipinski definition) is 4. The molecule has 2 unspecified atom stereocenters. The van der Waals surface area contributed by atoms with E-state index in [1.54, 1.807) is 0 Å². The number of phenolic OH excluding ortho intramolecular Hbond substituents is 2. The Labute approximate surface area is 111 Å². The van der Waals surface area contributed by atoms with E-state index in [9.17, 15) is 20.1 Å². The van der Waals surface area contributed by atoms with Crippen LogP contribution in [-0.4, -0.2) is 34.4 Å². The molecule has 1 fully saturated rings. The second-order valence-corrected chi connectivity index (χ2v) is 5.05. The van der Waals surface area contributed by atoms with Crippen molar-refractivity contribution >= 4 is 5.91 Å². The van der Waals surface area contributed by atoms with Gasteiger partial charge < -0.3 is 20.6 Å². The number of carbonyl (C=O) groups excluding carboxylic acids is 1. The van der Waals surface area contributed by atoms with Crippen LogP contribution in [0.1, 0.15) is 29.6 Å². The zero-order chi connectivity index (χ0) is 13.8. The highest BCUT2D eigenvalue weighted by Gasteiger charge is 2.27. The van der Waals surface area contributed by atoms with Crippen molar-refractivity contribution in [3.63, 3.8) is 0 Å². The molecule has 0 heterocycles. The maximum Gasteiger partial charge on any atom is 0.255 e. The summed E-state index contributed by atoms with van der Waals surface area (Å²) in [6.07, 6.45) is 3.06. The maximum absolute atomic E-state index is 11.9. The van der Waals surface area contributed by atoms with Crippen molar-refractivity contribution in [1.82, 2.24) is 5.32 Å². The van der Waals surface area contributed by atoms with Crippen molar-refractivity contribution < 1.29 is 20.1 Å². The number of aliphatic hydroxyl groups is 1. The van der Waals surface area contributed by atoms with Gasteiger partial charge in [-0.25, -0.2) is 0 Å². The molecule has 1 aromatic carbocycles. The zero-order valence-corrected chi connectivity index (χ0v) is 10.7. The molecule has 0 bridgehead atoms. The molecule has 104 valence electrons. The SMILES string of the molecule is O=C(NCC1CCCC1CO)c1cc(O)ccc1O. The average Bonchev–Trinajstić information content (AvgIpc) is 2.86. The Bertz CT molecular complexity index is 461. The second kappa shape index (κ2) is 5.93. The van der Waals surface area contributed by atoms with Crippen LogP contribution < -0.4 is 5.32 Å². The average molecular weight is 265 g/mol. The van der Waals surface area contributed by atoms with Crippen LogP contribution in [0.3, 0.4) is 0 Å². The molecule has 0 saturated heterocycles. The van der Waals surface area contributed by atoms with Crippen molar-refractivity contribution in [1.29, 1.82) is 0 Å². The number of aromatic hydroxyl groups is 2. The van der Waals surface area contributed by atoms with Gasteiger partial charge in [0.05, 0.1) is 5.56 Å². The second-order valence-electron chi connectivity index (χ2n) is 5.05. The minimum atomic E-state index is -0.406. The van der Waals surface area contributed by atoms with Gasteiger partial charge in [0.2, 0.25) is 0 Å². The summed E-state index contributed by atoms with van der Waals surface area (Å²) in [7, 11) is 0. The third-order valence-electron chi connectivity index (χ3n) is 3.80. The molecule has 0 radical (unpaired) electrons. The first-order chi connectivity index (χ1) is 9.11. The van der Waals surface area contributed by atoms with Gasteiger partial charge >= 0.3 is 0 Å². The Balaban J connectivity index is 1.96. The van der Waals surface area contributed by atoms with Crippen LogP contribution in [0.2, 0.25) is 0 Å². The molecule has 1 saturated carbocycles. The zero-order valence-electron chi connectivity index (χ0n) is 10.7. The molecule has 1 aromatic rings. The smallest absolute Gasteiger partial charge is 0.255 e. The predicted octanol–water partition coefficient (Wildman–Crippen LogP) is 1.24. The third kappa shape index (κ3) is 3.17. The van der Waals surface area contributed by atoms with Crippen molar-refractivity contribution in [3.05, 3.63) is 23.8 Å². The van der Waals surface area contributed by atoms with Gasteiger partial charge in [0.25, 0.3) is 5.91 Å². The van der Waals surface area contributed by atoms with Gasteiger partial charge in [0.15, 0.2) is 0 Å². The minimum Gasteiger partial charge on any atom is -0.508 e. The van der Waals surface area contributed by atoms with Crippen molar-refractivity contribution in [2.75, 3.05) is 13.2 Å². The summed E-state index contributed by atoms with van der Waals surface area (Å²) in [6, 6.07) is 3.85. The summed E-state index contributed by atoms with van der Waals surface area (Å²) in [5.41, 5.74) is 0.0681. The van der Waals surface area contributed by atoms with E-state index >= 15 is 0 Å². The Kier molecular flexibility index (Phi) is 4.27. The molecule has 5 nitrogen and oxygen atoms in total. The van der Waals surface area contributed by atoms with Gasteiger partial charge in [-0.1, -0.05) is 6.42 Å². The lowest BCUT2D eigenvalue weighted by molar-refractivity contribution is 0.0934. The lowest BCUT2D eigenvalue weighted by Crippen LogP contribution is -2.31. The van der Waals surface area contributed by atoms with Crippen LogP contribution in [0, 0.1) is 11.8 Å². The minimum absolute atomic E-state index is 0.0583. The first kappa shape index (κ1) is 13.7. The van der Waals surface area contributed by atoms with Crippen LogP contribution >= 0.6 is 0 Å². The first-order valence-electron chi connectivity index (χ1n) is 6.53. The molecule has 0 aliphatic heterocycles. The van der Waals surface area contributed by atoms with Crippen molar-refractivity contribution in [3.8, 4) is 11.5 Å². The van der Waals surface area contributed by atoms with Gasteiger partial charge in [-0.3, -0.25) is 4.79 Å². The summed E-state index contributed by atoms with van der Waals surface area (Å²) >= 11 is 0. The fourth-order valence-corrected chi connectivity index (χ4v) is 2.65. The van der Waals surface area contributed by atoms with Crippen LogP contribution in [0.25, 0.3) is 0 Å². The molecule has 1 aliphatic carbocycles. The highest BCUT2D eigenvalue weighted by atomic mass is 16.3. The van der Waals surface area contributed by atoms with Gasteiger partial charge in [0, 0.05) is 13.2 Å². The van der Waals surface area contributed by atoms with E-state index in [4.69, 9.17) is 0 Å². The molecule has 1 amide bonds. The number of carbonyl (C=O) groups is 1. The summed E-state index contributed by atoms with van der Waals surface area (Å²) in [6.45, 7) is 0.636. The summed E-state index contributed by atoms with van der Waals surface area (Å²) in [5, 5.41) is 30.9. The van der Waals surface area contributed by atoms with Crippen LogP contribution in [0.5, 0.6) is 11.5 Å². The number of hydrogen-bond donors (Lipinski definition) is 4. The van der Waals surface area contributed by atoms with E-state index in [1.165, 1.54) is 18.2 Å². The van der Waals surface area contributed by atoms with E-state index < -0.39 is 5.91 Å². The molecule has 19 heavy (non-hydrogen) atoms. The van der Waals surface area contributed by atoms with Crippen molar-refractivity contribution in [2.24, 2.45) is 11.8 Å². The van der Waals surface area contributed by atoms with Crippen LogP contribution in [-0.2, 0) is 0 Å². The van der Waals surface area contributed by atoms with E-state index in [2.05, 4.69) is 5.32 Å². The first-order valence-corrected chi connectivity index (χ1v) is 6.53. The molecule has 1 aliphatic rings. The van der Waals surface area contributed by atoms with Gasteiger partial charge in [-0.15, -0.1) is 0 Å². The molecular formula is C14H19NO4. The Hall–Kier alpha value is -1.75. The van der Waals surface area contributed by atoms with Gasteiger partial charge in [-0.2, -0.15) is 0 Å². The normalized spacial score (nSPS) is 22.4. The lowest BCUT2D eigenvalue weighted by atomic mass is 9.97. The topological polar surface area (TPSA) is 89.8 Å². The van der Waals surface area contributed by atoms with Crippen LogP contribution in [0.4, 0.5) is 0 Å². The quantitative estimate of drug-likeness (QED) is 0.616. The standard InChI is InChI=1S/C14H19NO4/c16-8-10-3-1-2-9(10)7-15-14(19)12-6-11(17)4-5-13(12)18/h4-6,9-10,16-18H,1-3,7-8H2,(H,15,19). The Morgan fingerprint density at radius 1 is 1.26 bits per heavy atom. The molecule has 4 N–H and O–H groups in total. The molecule has 2 atom stereocenters. The number of rotatable bonds is 4. The number of amides is 1. The Morgan fingerprint density at radius 3 is 2.74 bits per heavy atom. The monoisotopic (exact) mass is 265 g/mol. The third-order valence-corrected chi connectivity index (χ3v) is 3.80. The highest BCUT2D eigenvalue weighted by Crippen LogP contribution is 2.31. The fourth-order valence-electron chi connectivity index (χ4n) is 2.65. The molecule has 0 aromatic heterocycles. The van der Waals surface area contributed by atoms with E-state index in [-0.39, 0.29) is 35.5 Å². The molecule has 0 spiro atoms. The molecular weight excluding hydrogens is 246 g/mol. The summed E-state index contributed by atoms with van der Waals surface area (Å²) in [4.78, 5) is 11.9. The number of nitrogens with one attached hydrogen (secondary N) is 1. The summed E-state index contributed by atoms with van der Waals surface area (Å²) < 4.78 is 0. The van der Waals surface area contributed by atoms with E-state index in [0.717, 1.165) is 19.3 Å². The number of benzene rings is 1. The lowest BCUT2D eigenvalue weighted by Gasteiger charge is -2.18. The fraction of sp³-hybridized carbons (Fsp3) is 0.500. The summed E-state index contributed by atoms with van der Waals surface area (Å²) in [5.74, 6) is -0.0825. The largest absolute Gasteiger partial charge is 0.508 e. The Morgan fingerprint density at radius 2 is 2.00 bits per heavy atom. The number of aliphatic hydroxyl groups excluding tert-OH is 1. The maximum atomic E-state index is 11.9. The predicted molar refractivity (Wildman–Crippen MR) is 70.0 cm³/mol. The van der Waals surface area contributed by atoms with E-state index in [1.807, 2.05) is 0 Å². The van der Waals surface area contributed by atoms with Crippen molar-refractivity contribution in [2.45, 2.75) is 19.3 Å². The van der Waals surface area contributed by atoms with Gasteiger partial charge in [-0.05, 0) is 42.9 Å². The molecule has 5 heteroatoms.